The molecule has 3 unspecified atom stereocenters. The van der Waals surface area contributed by atoms with Crippen molar-refractivity contribution in [3.63, 3.8) is 0 Å². The first kappa shape index (κ1) is 14.9. The van der Waals surface area contributed by atoms with Gasteiger partial charge in [-0.2, -0.15) is 0 Å². The molecule has 3 nitrogen and oxygen atoms in total. The molecule has 1 saturated carbocycles. The van der Waals surface area contributed by atoms with Crippen LogP contribution in [0.4, 0.5) is 0 Å². The lowest BCUT2D eigenvalue weighted by Gasteiger charge is -2.37. The van der Waals surface area contributed by atoms with Crippen LogP contribution in [-0.4, -0.2) is 42.5 Å². The fourth-order valence-corrected chi connectivity index (χ4v) is 2.99. The predicted octanol–water partition coefficient (Wildman–Crippen LogP) is 2.28. The number of hydrogen-bond acceptors (Lipinski definition) is 3. The maximum atomic E-state index is 11.8. The number of Topliss-reactive ketones (excluding diaryl/α,β-unsaturated/α-hetero) is 1. The summed E-state index contributed by atoms with van der Waals surface area (Å²) in [5.74, 6) is 0.782. The molecular formula is C13H24ClNO2. The number of nitrogens with zero attached hydrogens (tertiary/aromatic N) is 1. The zero-order chi connectivity index (χ0) is 11.5. The van der Waals surface area contributed by atoms with Crippen LogP contribution in [0.2, 0.25) is 0 Å². The number of ketones is 1. The molecule has 17 heavy (non-hydrogen) atoms. The molecule has 2 rings (SSSR count). The van der Waals surface area contributed by atoms with Gasteiger partial charge < -0.3 is 4.74 Å². The average molecular weight is 262 g/mol. The molecule has 0 amide bonds. The SMILES string of the molecule is CC1CN(CC2CCCCC2=O)CC(C)O1.Cl. The Morgan fingerprint density at radius 2 is 1.88 bits per heavy atom. The van der Waals surface area contributed by atoms with Gasteiger partial charge in [-0.25, -0.2) is 0 Å². The topological polar surface area (TPSA) is 29.5 Å². The molecule has 3 atom stereocenters. The van der Waals surface area contributed by atoms with Crippen LogP contribution < -0.4 is 0 Å². The smallest absolute Gasteiger partial charge is 0.137 e. The molecular weight excluding hydrogens is 238 g/mol. The summed E-state index contributed by atoms with van der Waals surface area (Å²) in [6.45, 7) is 7.15. The first-order valence-electron chi connectivity index (χ1n) is 6.55. The molecule has 4 heteroatoms. The highest BCUT2D eigenvalue weighted by Gasteiger charge is 2.28. The molecule has 1 saturated heterocycles. The van der Waals surface area contributed by atoms with Gasteiger partial charge in [0, 0.05) is 32.0 Å². The summed E-state index contributed by atoms with van der Waals surface area (Å²) in [5.41, 5.74) is 0. The van der Waals surface area contributed by atoms with E-state index in [9.17, 15) is 4.79 Å². The van der Waals surface area contributed by atoms with E-state index < -0.39 is 0 Å². The van der Waals surface area contributed by atoms with Crippen molar-refractivity contribution in [2.24, 2.45) is 5.92 Å². The largest absolute Gasteiger partial charge is 0.373 e. The Kier molecular flexibility index (Phi) is 5.90. The zero-order valence-electron chi connectivity index (χ0n) is 10.9. The van der Waals surface area contributed by atoms with Crippen LogP contribution in [0.5, 0.6) is 0 Å². The Bertz CT molecular complexity index is 250. The molecule has 100 valence electrons. The Balaban J connectivity index is 0.00000144. The maximum Gasteiger partial charge on any atom is 0.137 e. The molecule has 2 aliphatic rings. The van der Waals surface area contributed by atoms with E-state index >= 15 is 0 Å². The molecule has 0 bridgehead atoms. The van der Waals surface area contributed by atoms with Gasteiger partial charge in [-0.15, -0.1) is 12.4 Å². The van der Waals surface area contributed by atoms with E-state index in [1.54, 1.807) is 0 Å². The number of carbonyl (C=O) groups is 1. The van der Waals surface area contributed by atoms with Gasteiger partial charge in [0.2, 0.25) is 0 Å². The van der Waals surface area contributed by atoms with Crippen LogP contribution in [0.15, 0.2) is 0 Å². The maximum absolute atomic E-state index is 11.8. The lowest BCUT2D eigenvalue weighted by atomic mass is 9.87. The molecule has 0 spiro atoms. The van der Waals surface area contributed by atoms with Crippen LogP contribution in [0, 0.1) is 5.92 Å². The van der Waals surface area contributed by atoms with Gasteiger partial charge in [-0.3, -0.25) is 9.69 Å². The van der Waals surface area contributed by atoms with Crippen LogP contribution in [0.25, 0.3) is 0 Å². The van der Waals surface area contributed by atoms with E-state index in [0.717, 1.165) is 38.9 Å². The molecule has 0 aromatic carbocycles. The molecule has 1 aliphatic carbocycles. The van der Waals surface area contributed by atoms with Crippen LogP contribution >= 0.6 is 12.4 Å². The number of ether oxygens (including phenoxy) is 1. The van der Waals surface area contributed by atoms with Gasteiger partial charge in [0.25, 0.3) is 0 Å². The van der Waals surface area contributed by atoms with Crippen molar-refractivity contribution in [2.45, 2.75) is 51.7 Å². The van der Waals surface area contributed by atoms with E-state index in [1.165, 1.54) is 6.42 Å². The van der Waals surface area contributed by atoms with Crippen LogP contribution in [0.3, 0.4) is 0 Å². The van der Waals surface area contributed by atoms with Crippen molar-refractivity contribution < 1.29 is 9.53 Å². The summed E-state index contributed by atoms with van der Waals surface area (Å²) in [7, 11) is 0. The van der Waals surface area contributed by atoms with Crippen molar-refractivity contribution in [1.82, 2.24) is 4.90 Å². The Hall–Kier alpha value is -0.120. The highest BCUT2D eigenvalue weighted by atomic mass is 35.5. The van der Waals surface area contributed by atoms with Gasteiger partial charge in [0.15, 0.2) is 0 Å². The molecule has 2 fully saturated rings. The third kappa shape index (κ3) is 4.23. The second-order valence-corrected chi connectivity index (χ2v) is 5.38. The van der Waals surface area contributed by atoms with Crippen molar-refractivity contribution >= 4 is 18.2 Å². The van der Waals surface area contributed by atoms with Gasteiger partial charge in [0.05, 0.1) is 12.2 Å². The number of hydrogen-bond donors (Lipinski definition) is 0. The fourth-order valence-electron chi connectivity index (χ4n) is 2.99. The minimum Gasteiger partial charge on any atom is -0.373 e. The zero-order valence-corrected chi connectivity index (χ0v) is 11.7. The number of halogens is 1. The highest BCUT2D eigenvalue weighted by molar-refractivity contribution is 5.85. The van der Waals surface area contributed by atoms with E-state index in [1.807, 2.05) is 0 Å². The fraction of sp³-hybridized carbons (Fsp3) is 0.923. The highest BCUT2D eigenvalue weighted by Crippen LogP contribution is 2.23. The monoisotopic (exact) mass is 261 g/mol. The van der Waals surface area contributed by atoms with Gasteiger partial charge in [-0.05, 0) is 26.7 Å². The number of rotatable bonds is 2. The average Bonchev–Trinajstić information content (AvgIpc) is 2.20. The summed E-state index contributed by atoms with van der Waals surface area (Å²) in [4.78, 5) is 14.2. The van der Waals surface area contributed by atoms with Crippen molar-refractivity contribution in [2.75, 3.05) is 19.6 Å². The third-order valence-electron chi connectivity index (χ3n) is 3.65. The van der Waals surface area contributed by atoms with Crippen molar-refractivity contribution in [3.05, 3.63) is 0 Å². The third-order valence-corrected chi connectivity index (χ3v) is 3.65. The molecule has 1 heterocycles. The molecule has 1 aliphatic heterocycles. The van der Waals surface area contributed by atoms with E-state index in [4.69, 9.17) is 4.74 Å². The first-order valence-corrected chi connectivity index (χ1v) is 6.55. The number of morpholine rings is 1. The predicted molar refractivity (Wildman–Crippen MR) is 70.7 cm³/mol. The minimum atomic E-state index is 0. The molecule has 0 aromatic rings. The van der Waals surface area contributed by atoms with Crippen LogP contribution in [0.1, 0.15) is 39.5 Å². The number of carbonyl (C=O) groups excluding carboxylic acids is 1. The molecule has 0 N–H and O–H groups in total. The second-order valence-electron chi connectivity index (χ2n) is 5.38. The summed E-state index contributed by atoms with van der Waals surface area (Å²) in [5, 5.41) is 0. The van der Waals surface area contributed by atoms with Gasteiger partial charge in [-0.1, -0.05) is 6.42 Å². The van der Waals surface area contributed by atoms with E-state index in [0.29, 0.717) is 23.9 Å². The summed E-state index contributed by atoms with van der Waals surface area (Å²) in [6, 6.07) is 0. The van der Waals surface area contributed by atoms with Crippen molar-refractivity contribution in [3.8, 4) is 0 Å². The Morgan fingerprint density at radius 1 is 1.24 bits per heavy atom. The second kappa shape index (κ2) is 6.72. The summed E-state index contributed by atoms with van der Waals surface area (Å²) in [6.07, 6.45) is 4.85. The van der Waals surface area contributed by atoms with Crippen molar-refractivity contribution in [1.29, 1.82) is 0 Å². The van der Waals surface area contributed by atoms with Gasteiger partial charge >= 0.3 is 0 Å². The van der Waals surface area contributed by atoms with Gasteiger partial charge in [0.1, 0.15) is 5.78 Å². The van der Waals surface area contributed by atoms with Crippen LogP contribution in [-0.2, 0) is 9.53 Å². The summed E-state index contributed by atoms with van der Waals surface area (Å²) < 4.78 is 5.71. The summed E-state index contributed by atoms with van der Waals surface area (Å²) >= 11 is 0. The Morgan fingerprint density at radius 3 is 2.47 bits per heavy atom. The lowest BCUT2D eigenvalue weighted by molar-refractivity contribution is -0.127. The standard InChI is InChI=1S/C13H23NO2.ClH/c1-10-7-14(8-11(2)16-10)9-12-5-3-4-6-13(12)15;/h10-12H,3-9H2,1-2H3;1H. The molecule has 0 aromatic heterocycles. The Labute approximate surface area is 110 Å². The first-order chi connectivity index (χ1) is 7.65. The normalized spacial score (nSPS) is 35.4. The minimum absolute atomic E-state index is 0. The molecule has 0 radical (unpaired) electrons. The quantitative estimate of drug-likeness (QED) is 0.764. The van der Waals surface area contributed by atoms with E-state index in [-0.39, 0.29) is 12.4 Å². The lowest BCUT2D eigenvalue weighted by Crippen LogP contribution is -2.48. The van der Waals surface area contributed by atoms with E-state index in [2.05, 4.69) is 18.7 Å².